The summed E-state index contributed by atoms with van der Waals surface area (Å²) in [4.78, 5) is 0. The standard InChI is InChI=1S/C16H13NO3S.Mg.2H/c18-21(19)20-15-11-5-7-12-6-4-10-14(16(12)15)17-13-8-2-1-3-9-13;;;/h1-11,17H,(H,18,19);;;/q;+2;2*-1/p-1. The zero-order valence-corrected chi connectivity index (χ0v) is 13.9. The van der Waals surface area contributed by atoms with Gasteiger partial charge in [-0.15, -0.1) is 0 Å². The van der Waals surface area contributed by atoms with E-state index < -0.39 is 11.4 Å². The van der Waals surface area contributed by atoms with E-state index in [0.29, 0.717) is 5.75 Å². The summed E-state index contributed by atoms with van der Waals surface area (Å²) >= 11 is -2.61. The molecule has 0 heterocycles. The summed E-state index contributed by atoms with van der Waals surface area (Å²) in [6.07, 6.45) is 0. The average Bonchev–Trinajstić information content (AvgIpc) is 2.48. The van der Waals surface area contributed by atoms with Gasteiger partial charge in [-0.05, 0) is 29.7 Å². The molecular formula is C16H14MgNO3S-. The topological polar surface area (TPSA) is 61.4 Å². The van der Waals surface area contributed by atoms with Gasteiger partial charge in [0.05, 0.1) is 5.69 Å². The summed E-state index contributed by atoms with van der Waals surface area (Å²) < 4.78 is 26.6. The second kappa shape index (κ2) is 7.60. The molecule has 4 nitrogen and oxygen atoms in total. The van der Waals surface area contributed by atoms with Crippen molar-refractivity contribution in [2.75, 3.05) is 5.32 Å². The number of anilines is 2. The van der Waals surface area contributed by atoms with Crippen LogP contribution in [0.1, 0.15) is 2.85 Å². The van der Waals surface area contributed by atoms with Gasteiger partial charge in [0.1, 0.15) is 17.1 Å². The number of rotatable bonds is 4. The van der Waals surface area contributed by atoms with Crippen LogP contribution in [0.5, 0.6) is 5.75 Å². The molecule has 0 saturated heterocycles. The van der Waals surface area contributed by atoms with Crippen LogP contribution in [0, 0.1) is 0 Å². The molecule has 3 rings (SSSR count). The number of benzene rings is 3. The van der Waals surface area contributed by atoms with Gasteiger partial charge < -0.3 is 16.9 Å². The summed E-state index contributed by atoms with van der Waals surface area (Å²) in [6, 6.07) is 20.7. The molecule has 0 spiro atoms. The third kappa shape index (κ3) is 3.78. The molecule has 0 amide bonds. The van der Waals surface area contributed by atoms with Crippen molar-refractivity contribution in [2.45, 2.75) is 0 Å². The second-order valence-corrected chi connectivity index (χ2v) is 5.01. The van der Waals surface area contributed by atoms with E-state index in [9.17, 15) is 8.76 Å². The number of hydrogen-bond acceptors (Lipinski definition) is 4. The van der Waals surface area contributed by atoms with Gasteiger partial charge in [-0.3, -0.25) is 0 Å². The predicted molar refractivity (Wildman–Crippen MR) is 91.2 cm³/mol. The summed E-state index contributed by atoms with van der Waals surface area (Å²) in [5, 5.41) is 4.91. The molecule has 0 aliphatic heterocycles. The Morgan fingerprint density at radius 3 is 2.32 bits per heavy atom. The Morgan fingerprint density at radius 1 is 0.955 bits per heavy atom. The molecule has 0 radical (unpaired) electrons. The Kier molecular flexibility index (Phi) is 5.79. The fourth-order valence-corrected chi connectivity index (χ4v) is 2.52. The van der Waals surface area contributed by atoms with Gasteiger partial charge in [0.2, 0.25) is 0 Å². The van der Waals surface area contributed by atoms with Gasteiger partial charge in [-0.1, -0.05) is 42.5 Å². The molecule has 1 atom stereocenters. The van der Waals surface area contributed by atoms with E-state index in [0.717, 1.165) is 22.1 Å². The Labute approximate surface area is 150 Å². The third-order valence-electron chi connectivity index (χ3n) is 3.08. The van der Waals surface area contributed by atoms with Gasteiger partial charge >= 0.3 is 23.1 Å². The van der Waals surface area contributed by atoms with E-state index in [-0.39, 0.29) is 25.9 Å². The Morgan fingerprint density at radius 2 is 1.64 bits per heavy atom. The van der Waals surface area contributed by atoms with Gasteiger partial charge in [-0.25, -0.2) is 4.21 Å². The van der Waals surface area contributed by atoms with Crippen molar-refractivity contribution in [3.8, 4) is 5.75 Å². The van der Waals surface area contributed by atoms with Crippen molar-refractivity contribution in [3.05, 3.63) is 66.7 Å². The van der Waals surface area contributed by atoms with E-state index in [1.165, 1.54) is 0 Å². The van der Waals surface area contributed by atoms with Gasteiger partial charge in [0.25, 0.3) is 0 Å². The van der Waals surface area contributed by atoms with E-state index in [4.69, 9.17) is 4.18 Å². The van der Waals surface area contributed by atoms with E-state index in [1.807, 2.05) is 54.6 Å². The van der Waals surface area contributed by atoms with Crippen LogP contribution < -0.4 is 9.50 Å². The third-order valence-corrected chi connectivity index (χ3v) is 3.39. The maximum atomic E-state index is 10.8. The molecule has 0 saturated carbocycles. The quantitative estimate of drug-likeness (QED) is 0.588. The minimum atomic E-state index is -2.61. The minimum Gasteiger partial charge on any atom is -1.00 e. The molecule has 1 unspecified atom stereocenters. The van der Waals surface area contributed by atoms with E-state index in [2.05, 4.69) is 5.32 Å². The first-order chi connectivity index (χ1) is 10.2. The number of hydrogen-bond donors (Lipinski definition) is 1. The number of nitrogens with one attached hydrogen (secondary N) is 1. The second-order valence-electron chi connectivity index (χ2n) is 4.44. The first-order valence-corrected chi connectivity index (χ1v) is 7.35. The van der Waals surface area contributed by atoms with Crippen molar-refractivity contribution in [1.82, 2.24) is 0 Å². The Hall–Kier alpha value is -1.60. The Balaban J connectivity index is 0.00000176. The molecule has 0 aliphatic rings. The predicted octanol–water partition coefficient (Wildman–Crippen LogP) is 3.60. The largest absolute Gasteiger partial charge is 2.00 e. The molecule has 3 aromatic rings. The monoisotopic (exact) mass is 324 g/mol. The van der Waals surface area contributed by atoms with Crippen LogP contribution in [0.15, 0.2) is 66.7 Å². The van der Waals surface area contributed by atoms with E-state index >= 15 is 0 Å². The van der Waals surface area contributed by atoms with Crippen LogP contribution in [0.4, 0.5) is 11.4 Å². The van der Waals surface area contributed by atoms with Crippen molar-refractivity contribution >= 4 is 56.6 Å². The van der Waals surface area contributed by atoms with Crippen molar-refractivity contribution in [1.29, 1.82) is 0 Å². The first kappa shape index (κ1) is 16.8. The summed E-state index contributed by atoms with van der Waals surface area (Å²) in [5.41, 5.74) is 1.71. The summed E-state index contributed by atoms with van der Waals surface area (Å²) in [6.45, 7) is 0. The van der Waals surface area contributed by atoms with Crippen LogP contribution in [-0.2, 0) is 11.4 Å². The molecule has 0 bridgehead atoms. The van der Waals surface area contributed by atoms with Crippen LogP contribution in [0.2, 0.25) is 0 Å². The van der Waals surface area contributed by atoms with Crippen molar-refractivity contribution in [3.63, 3.8) is 0 Å². The van der Waals surface area contributed by atoms with E-state index in [1.54, 1.807) is 12.1 Å². The maximum Gasteiger partial charge on any atom is 2.00 e. The molecule has 3 aromatic carbocycles. The smallest absolute Gasteiger partial charge is 1.00 e. The minimum absolute atomic E-state index is 0. The molecule has 110 valence electrons. The number of para-hydroxylation sites is 1. The average molecular weight is 325 g/mol. The number of fused-ring (bicyclic) bond motifs is 1. The molecule has 6 heteroatoms. The molecule has 0 aromatic heterocycles. The first-order valence-electron chi connectivity index (χ1n) is 6.35. The fraction of sp³-hybridized carbons (Fsp3) is 0. The van der Waals surface area contributed by atoms with Gasteiger partial charge in [0, 0.05) is 11.1 Å². The molecule has 0 fully saturated rings. The van der Waals surface area contributed by atoms with Gasteiger partial charge in [-0.2, -0.15) is 0 Å². The molecule has 0 aliphatic carbocycles. The summed E-state index contributed by atoms with van der Waals surface area (Å²) in [5.74, 6) is 0.305. The van der Waals surface area contributed by atoms with Crippen LogP contribution >= 0.6 is 0 Å². The maximum absolute atomic E-state index is 10.8. The van der Waals surface area contributed by atoms with Crippen LogP contribution in [0.3, 0.4) is 0 Å². The molecule has 1 N–H and O–H groups in total. The van der Waals surface area contributed by atoms with Crippen LogP contribution in [0.25, 0.3) is 10.8 Å². The van der Waals surface area contributed by atoms with Crippen molar-refractivity contribution < 1.29 is 15.8 Å². The zero-order chi connectivity index (χ0) is 14.7. The van der Waals surface area contributed by atoms with Crippen LogP contribution in [-0.4, -0.2) is 31.8 Å². The Bertz CT molecular complexity index is 800. The zero-order valence-electron chi connectivity index (χ0n) is 13.7. The molecule has 22 heavy (non-hydrogen) atoms. The van der Waals surface area contributed by atoms with Gasteiger partial charge in [0.15, 0.2) is 0 Å². The fourth-order valence-electron chi connectivity index (χ4n) is 2.23. The SMILES string of the molecule is O=S([O-])Oc1cccc2cccc(Nc3ccccc3)c12.[H-].[H-].[Mg+2]. The molecular weight excluding hydrogens is 311 g/mol. The van der Waals surface area contributed by atoms with Crippen molar-refractivity contribution in [2.24, 2.45) is 0 Å². The normalized spacial score (nSPS) is 11.5. The summed E-state index contributed by atoms with van der Waals surface area (Å²) in [7, 11) is 0.